The van der Waals surface area contributed by atoms with E-state index in [-0.39, 0.29) is 5.82 Å². The predicted molar refractivity (Wildman–Crippen MR) is 127 cm³/mol. The Kier molecular flexibility index (Phi) is 5.45. The average Bonchev–Trinajstić information content (AvgIpc) is 3.36. The zero-order chi connectivity index (χ0) is 20.8. The molecule has 30 heavy (non-hydrogen) atoms. The Morgan fingerprint density at radius 3 is 2.57 bits per heavy atom. The molecule has 0 saturated carbocycles. The first-order valence-corrected chi connectivity index (χ1v) is 13.1. The van der Waals surface area contributed by atoms with Crippen LogP contribution in [0.1, 0.15) is 48.6 Å². The van der Waals surface area contributed by atoms with Crippen LogP contribution < -0.4 is 0 Å². The molecule has 1 aliphatic carbocycles. The number of thiophene rings is 1. The third kappa shape index (κ3) is 3.51. The van der Waals surface area contributed by atoms with E-state index in [1.807, 2.05) is 18.4 Å². The van der Waals surface area contributed by atoms with Crippen LogP contribution >= 0.6 is 34.9 Å². The highest BCUT2D eigenvalue weighted by Gasteiger charge is 2.25. The van der Waals surface area contributed by atoms with Gasteiger partial charge in [-0.25, -0.2) is 19.3 Å². The molecule has 0 atom stereocenters. The van der Waals surface area contributed by atoms with E-state index in [1.54, 1.807) is 34.9 Å². The number of nitrogens with zero attached hydrogens (tertiary/aromatic N) is 3. The Labute approximate surface area is 187 Å². The van der Waals surface area contributed by atoms with E-state index < -0.39 is 0 Å². The Balaban J connectivity index is 1.66. The SMILES string of the molecule is CSc1nc(SCc2ccc(F)cc2)c2sc3nc(C(C)C)c4c(c3c2n1)CCC4. The molecule has 0 bridgehead atoms. The number of fused-ring (bicyclic) bond motifs is 5. The molecular weight excluding hydrogens is 433 g/mol. The first kappa shape index (κ1) is 20.2. The Bertz CT molecular complexity index is 1250. The first-order chi connectivity index (χ1) is 14.5. The lowest BCUT2D eigenvalue weighted by Crippen LogP contribution is -2.00. The maximum Gasteiger partial charge on any atom is 0.189 e. The minimum absolute atomic E-state index is 0.205. The van der Waals surface area contributed by atoms with Crippen molar-refractivity contribution in [3.05, 3.63) is 52.5 Å². The summed E-state index contributed by atoms with van der Waals surface area (Å²) < 4.78 is 14.4. The second-order valence-corrected chi connectivity index (χ2v) is 10.6. The van der Waals surface area contributed by atoms with Gasteiger partial charge in [0.25, 0.3) is 0 Å². The highest BCUT2D eigenvalue weighted by molar-refractivity contribution is 7.99. The fourth-order valence-corrected chi connectivity index (χ4v) is 6.79. The molecule has 7 heteroatoms. The minimum Gasteiger partial charge on any atom is -0.241 e. The molecule has 0 amide bonds. The molecule has 0 N–H and O–H groups in total. The molecule has 0 aliphatic heterocycles. The van der Waals surface area contributed by atoms with Crippen molar-refractivity contribution in [2.75, 3.05) is 6.26 Å². The second kappa shape index (κ2) is 8.09. The van der Waals surface area contributed by atoms with Crippen LogP contribution in [0.25, 0.3) is 20.4 Å². The van der Waals surface area contributed by atoms with Gasteiger partial charge in [-0.3, -0.25) is 0 Å². The zero-order valence-electron chi connectivity index (χ0n) is 17.2. The van der Waals surface area contributed by atoms with Gasteiger partial charge in [-0.05, 0) is 60.3 Å². The highest BCUT2D eigenvalue weighted by atomic mass is 32.2. The summed E-state index contributed by atoms with van der Waals surface area (Å²) in [6, 6.07) is 6.70. The molecule has 3 aromatic heterocycles. The van der Waals surface area contributed by atoms with Crippen molar-refractivity contribution >= 4 is 55.3 Å². The van der Waals surface area contributed by atoms with E-state index in [9.17, 15) is 4.39 Å². The number of aromatic nitrogens is 3. The van der Waals surface area contributed by atoms with E-state index in [0.717, 1.165) is 49.4 Å². The highest BCUT2D eigenvalue weighted by Crippen LogP contribution is 2.44. The molecule has 0 saturated heterocycles. The maximum atomic E-state index is 13.2. The third-order valence-electron chi connectivity index (χ3n) is 5.53. The van der Waals surface area contributed by atoms with Gasteiger partial charge >= 0.3 is 0 Å². The monoisotopic (exact) mass is 455 g/mol. The number of halogens is 1. The largest absolute Gasteiger partial charge is 0.241 e. The fourth-order valence-electron chi connectivity index (χ4n) is 4.15. The molecular formula is C23H22FN3S3. The quantitative estimate of drug-likeness (QED) is 0.184. The van der Waals surface area contributed by atoms with Gasteiger partial charge in [0.2, 0.25) is 0 Å². The van der Waals surface area contributed by atoms with Gasteiger partial charge in [0.05, 0.1) is 10.2 Å². The number of rotatable bonds is 5. The van der Waals surface area contributed by atoms with Gasteiger partial charge < -0.3 is 0 Å². The lowest BCUT2D eigenvalue weighted by atomic mass is 9.99. The summed E-state index contributed by atoms with van der Waals surface area (Å²) in [6.07, 6.45) is 5.44. The van der Waals surface area contributed by atoms with Crippen LogP contribution in [0, 0.1) is 5.82 Å². The smallest absolute Gasteiger partial charge is 0.189 e. The van der Waals surface area contributed by atoms with Crippen molar-refractivity contribution in [2.45, 2.75) is 55.0 Å². The van der Waals surface area contributed by atoms with Gasteiger partial charge in [0.15, 0.2) is 5.16 Å². The standard InChI is InChI=1S/C23H22FN3S3/c1-12(2)18-16-6-4-5-15(16)17-19-20(30-21(17)25-18)22(27-23(26-19)28-3)29-11-13-7-9-14(24)10-8-13/h7-10,12H,4-6,11H2,1-3H3. The molecule has 0 radical (unpaired) electrons. The van der Waals surface area contributed by atoms with Crippen molar-refractivity contribution < 1.29 is 4.39 Å². The summed E-state index contributed by atoms with van der Waals surface area (Å²) >= 11 is 4.98. The molecule has 3 nitrogen and oxygen atoms in total. The summed E-state index contributed by atoms with van der Waals surface area (Å²) in [6.45, 7) is 4.46. The summed E-state index contributed by atoms with van der Waals surface area (Å²) in [5.74, 6) is 0.965. The zero-order valence-corrected chi connectivity index (χ0v) is 19.6. The number of thioether (sulfide) groups is 2. The predicted octanol–water partition coefficient (Wildman–Crippen LogP) is 7.00. The molecule has 1 aliphatic rings. The van der Waals surface area contributed by atoms with E-state index in [4.69, 9.17) is 15.0 Å². The van der Waals surface area contributed by atoms with Crippen LogP contribution in [-0.4, -0.2) is 21.2 Å². The number of aryl methyl sites for hydroxylation is 1. The number of hydrogen-bond acceptors (Lipinski definition) is 6. The minimum atomic E-state index is -0.205. The van der Waals surface area contributed by atoms with Gasteiger partial charge in [-0.15, -0.1) is 23.1 Å². The molecule has 4 aromatic rings. The van der Waals surface area contributed by atoms with Gasteiger partial charge in [0, 0.05) is 16.8 Å². The van der Waals surface area contributed by atoms with Gasteiger partial charge in [0.1, 0.15) is 15.7 Å². The van der Waals surface area contributed by atoms with E-state index >= 15 is 0 Å². The lowest BCUT2D eigenvalue weighted by Gasteiger charge is -2.12. The summed E-state index contributed by atoms with van der Waals surface area (Å²) in [4.78, 5) is 15.9. The van der Waals surface area contributed by atoms with Crippen LogP contribution in [0.15, 0.2) is 34.4 Å². The van der Waals surface area contributed by atoms with Crippen LogP contribution in [0.4, 0.5) is 4.39 Å². The van der Waals surface area contributed by atoms with Crippen molar-refractivity contribution in [1.82, 2.24) is 15.0 Å². The normalized spacial score (nSPS) is 13.6. The topological polar surface area (TPSA) is 38.7 Å². The van der Waals surface area contributed by atoms with Crippen molar-refractivity contribution in [3.63, 3.8) is 0 Å². The van der Waals surface area contributed by atoms with Crippen LogP contribution in [-0.2, 0) is 18.6 Å². The number of benzene rings is 1. The van der Waals surface area contributed by atoms with Crippen LogP contribution in [0.2, 0.25) is 0 Å². The summed E-state index contributed by atoms with van der Waals surface area (Å²) in [5.41, 5.74) is 6.29. The molecule has 3 heterocycles. The Morgan fingerprint density at radius 1 is 1.07 bits per heavy atom. The van der Waals surface area contributed by atoms with Crippen molar-refractivity contribution in [2.24, 2.45) is 0 Å². The summed E-state index contributed by atoms with van der Waals surface area (Å²) in [7, 11) is 0. The molecule has 1 aromatic carbocycles. The Morgan fingerprint density at radius 2 is 1.83 bits per heavy atom. The second-order valence-electron chi connectivity index (χ2n) is 7.85. The number of pyridine rings is 1. The molecule has 0 spiro atoms. The molecule has 0 unspecified atom stereocenters. The average molecular weight is 456 g/mol. The third-order valence-corrected chi connectivity index (χ3v) is 8.34. The van der Waals surface area contributed by atoms with E-state index in [2.05, 4.69) is 13.8 Å². The van der Waals surface area contributed by atoms with Crippen LogP contribution in [0.3, 0.4) is 0 Å². The van der Waals surface area contributed by atoms with Crippen molar-refractivity contribution in [3.8, 4) is 0 Å². The van der Waals surface area contributed by atoms with E-state index in [0.29, 0.717) is 5.92 Å². The van der Waals surface area contributed by atoms with Gasteiger partial charge in [-0.2, -0.15) is 0 Å². The van der Waals surface area contributed by atoms with Gasteiger partial charge in [-0.1, -0.05) is 37.7 Å². The van der Waals surface area contributed by atoms with E-state index in [1.165, 1.54) is 40.8 Å². The fraction of sp³-hybridized carbons (Fsp3) is 0.348. The molecule has 0 fully saturated rings. The molecule has 5 rings (SSSR count). The van der Waals surface area contributed by atoms with Crippen molar-refractivity contribution in [1.29, 1.82) is 0 Å². The Hall–Kier alpha value is -1.70. The van der Waals surface area contributed by atoms with Crippen LogP contribution in [0.5, 0.6) is 0 Å². The maximum absolute atomic E-state index is 13.2. The molecule has 154 valence electrons. The first-order valence-electron chi connectivity index (χ1n) is 10.1. The number of hydrogen-bond donors (Lipinski definition) is 0. The summed E-state index contributed by atoms with van der Waals surface area (Å²) in [5, 5.41) is 3.03. The lowest BCUT2D eigenvalue weighted by molar-refractivity contribution is 0.627.